The number of carbonyl (C=O) groups is 1. The van der Waals surface area contributed by atoms with E-state index in [4.69, 9.17) is 5.73 Å². The lowest BCUT2D eigenvalue weighted by Gasteiger charge is -2.47. The predicted molar refractivity (Wildman–Crippen MR) is 86.1 cm³/mol. The van der Waals surface area contributed by atoms with E-state index >= 15 is 0 Å². The Morgan fingerprint density at radius 1 is 1.27 bits per heavy atom. The van der Waals surface area contributed by atoms with Gasteiger partial charge in [-0.1, -0.05) is 19.1 Å². The third-order valence-corrected chi connectivity index (χ3v) is 6.23. The molecule has 0 amide bonds. The summed E-state index contributed by atoms with van der Waals surface area (Å²) in [4.78, 5) is 12.0. The summed E-state index contributed by atoms with van der Waals surface area (Å²) in [6, 6.07) is 0. The number of hydrogen-bond acceptors (Lipinski definition) is 3. The van der Waals surface area contributed by atoms with Gasteiger partial charge >= 0.3 is 0 Å². The average molecular weight is 297 g/mol. The highest BCUT2D eigenvalue weighted by molar-refractivity contribution is 6.06. The van der Waals surface area contributed by atoms with Crippen LogP contribution in [0.15, 0.2) is 46.1 Å². The number of rotatable bonds is 0. The van der Waals surface area contributed by atoms with Gasteiger partial charge in [-0.05, 0) is 78.4 Å². The van der Waals surface area contributed by atoms with Gasteiger partial charge in [0, 0.05) is 0 Å². The summed E-state index contributed by atoms with van der Waals surface area (Å²) in [6.45, 7) is 4.17. The SMILES string of the molecule is CC1=C2CCC3=C(CC[C@@]4(C)C[C@@H](O)C=C34)[C@]2(N)C=CC1=O. The maximum atomic E-state index is 12.0. The highest BCUT2D eigenvalue weighted by Gasteiger charge is 2.48. The van der Waals surface area contributed by atoms with Crippen LogP contribution in [-0.4, -0.2) is 22.5 Å². The van der Waals surface area contributed by atoms with E-state index in [0.29, 0.717) is 0 Å². The van der Waals surface area contributed by atoms with E-state index in [1.807, 2.05) is 19.1 Å². The molecule has 3 nitrogen and oxygen atoms in total. The first-order chi connectivity index (χ1) is 10.3. The van der Waals surface area contributed by atoms with Crippen LogP contribution in [0.1, 0.15) is 46.0 Å². The highest BCUT2D eigenvalue weighted by Crippen LogP contribution is 2.56. The van der Waals surface area contributed by atoms with Crippen molar-refractivity contribution in [3.63, 3.8) is 0 Å². The molecule has 0 unspecified atom stereocenters. The normalized spacial score (nSPS) is 40.5. The Morgan fingerprint density at radius 3 is 2.82 bits per heavy atom. The van der Waals surface area contributed by atoms with Gasteiger partial charge in [0.15, 0.2) is 5.78 Å². The van der Waals surface area contributed by atoms with E-state index in [9.17, 15) is 9.90 Å². The largest absolute Gasteiger partial charge is 0.389 e. The van der Waals surface area contributed by atoms with Crippen molar-refractivity contribution in [3.05, 3.63) is 46.1 Å². The van der Waals surface area contributed by atoms with Gasteiger partial charge in [0.25, 0.3) is 0 Å². The van der Waals surface area contributed by atoms with Crippen molar-refractivity contribution < 1.29 is 9.90 Å². The zero-order valence-corrected chi connectivity index (χ0v) is 13.3. The molecule has 0 saturated heterocycles. The van der Waals surface area contributed by atoms with E-state index < -0.39 is 5.54 Å². The van der Waals surface area contributed by atoms with Crippen molar-refractivity contribution >= 4 is 5.78 Å². The van der Waals surface area contributed by atoms with Crippen LogP contribution in [0.25, 0.3) is 0 Å². The summed E-state index contributed by atoms with van der Waals surface area (Å²) in [5.74, 6) is 0.0938. The van der Waals surface area contributed by atoms with Crippen molar-refractivity contribution in [2.24, 2.45) is 11.1 Å². The average Bonchev–Trinajstić information content (AvgIpc) is 2.78. The third kappa shape index (κ3) is 1.67. The molecule has 4 aliphatic rings. The minimum Gasteiger partial charge on any atom is -0.389 e. The maximum Gasteiger partial charge on any atom is 0.181 e. The quantitative estimate of drug-likeness (QED) is 0.722. The molecule has 0 radical (unpaired) electrons. The smallest absolute Gasteiger partial charge is 0.181 e. The van der Waals surface area contributed by atoms with Crippen molar-refractivity contribution in [2.75, 3.05) is 0 Å². The van der Waals surface area contributed by atoms with E-state index in [1.165, 1.54) is 16.7 Å². The molecule has 0 aromatic carbocycles. The minimum absolute atomic E-state index is 0.0938. The number of aliphatic hydroxyl groups excluding tert-OH is 1. The molecular formula is C19H23NO2. The number of aliphatic hydroxyl groups is 1. The molecule has 0 bridgehead atoms. The number of ketones is 1. The van der Waals surface area contributed by atoms with Gasteiger partial charge in [0.2, 0.25) is 0 Å². The molecule has 0 aromatic heterocycles. The lowest BCUT2D eigenvalue weighted by molar-refractivity contribution is -0.111. The van der Waals surface area contributed by atoms with Crippen LogP contribution >= 0.6 is 0 Å². The first-order valence-corrected chi connectivity index (χ1v) is 8.21. The Labute approximate surface area is 131 Å². The standard InChI is InChI=1S/C19H23NO2/c1-11-14-4-3-13-15(19(14,20)8-6-17(11)22)5-7-18(2)10-12(21)9-16(13)18/h6,8-9,12,21H,3-5,7,10,20H2,1-2H3/t12-,18-,19-/m0/s1. The fraction of sp³-hybridized carbons (Fsp3) is 0.526. The Hall–Kier alpha value is -1.45. The summed E-state index contributed by atoms with van der Waals surface area (Å²) in [7, 11) is 0. The van der Waals surface area contributed by atoms with Crippen LogP contribution in [0.3, 0.4) is 0 Å². The molecule has 0 fully saturated rings. The summed E-state index contributed by atoms with van der Waals surface area (Å²) < 4.78 is 0. The number of hydrogen-bond donors (Lipinski definition) is 2. The van der Waals surface area contributed by atoms with Crippen LogP contribution in [0, 0.1) is 5.41 Å². The van der Waals surface area contributed by atoms with E-state index in [1.54, 1.807) is 6.08 Å². The topological polar surface area (TPSA) is 63.3 Å². The Morgan fingerprint density at radius 2 is 2.05 bits per heavy atom. The van der Waals surface area contributed by atoms with Crippen LogP contribution < -0.4 is 5.73 Å². The van der Waals surface area contributed by atoms with Crippen molar-refractivity contribution in [1.29, 1.82) is 0 Å². The molecule has 22 heavy (non-hydrogen) atoms. The number of fused-ring (bicyclic) bond motifs is 4. The first kappa shape index (κ1) is 14.2. The molecule has 0 saturated carbocycles. The molecule has 3 N–H and O–H groups in total. The second-order valence-corrected chi connectivity index (χ2v) is 7.54. The monoisotopic (exact) mass is 297 g/mol. The summed E-state index contributed by atoms with van der Waals surface area (Å²) in [5.41, 5.74) is 12.2. The molecule has 0 aliphatic heterocycles. The summed E-state index contributed by atoms with van der Waals surface area (Å²) in [6.07, 6.45) is 9.86. The molecular weight excluding hydrogens is 274 g/mol. The summed E-state index contributed by atoms with van der Waals surface area (Å²) >= 11 is 0. The molecule has 4 aliphatic carbocycles. The van der Waals surface area contributed by atoms with Gasteiger partial charge in [0.1, 0.15) is 0 Å². The molecule has 116 valence electrons. The molecule has 3 heteroatoms. The Balaban J connectivity index is 1.89. The maximum absolute atomic E-state index is 12.0. The zero-order valence-electron chi connectivity index (χ0n) is 13.3. The first-order valence-electron chi connectivity index (χ1n) is 8.21. The van der Waals surface area contributed by atoms with E-state index in [2.05, 4.69) is 6.92 Å². The number of allylic oxidation sites excluding steroid dienone is 4. The van der Waals surface area contributed by atoms with Gasteiger partial charge in [-0.2, -0.15) is 0 Å². The fourth-order valence-corrected chi connectivity index (χ4v) is 5.00. The van der Waals surface area contributed by atoms with E-state index in [-0.39, 0.29) is 17.3 Å². The lowest BCUT2D eigenvalue weighted by Crippen LogP contribution is -2.49. The zero-order chi connectivity index (χ0) is 15.7. The van der Waals surface area contributed by atoms with Crippen LogP contribution in [0.2, 0.25) is 0 Å². The molecule has 0 heterocycles. The van der Waals surface area contributed by atoms with E-state index in [0.717, 1.165) is 43.3 Å². The summed E-state index contributed by atoms with van der Waals surface area (Å²) in [5, 5.41) is 10.1. The van der Waals surface area contributed by atoms with Gasteiger partial charge in [-0.25, -0.2) is 0 Å². The van der Waals surface area contributed by atoms with Crippen molar-refractivity contribution in [1.82, 2.24) is 0 Å². The fourth-order valence-electron chi connectivity index (χ4n) is 5.00. The molecule has 3 atom stereocenters. The Bertz CT molecular complexity index is 709. The van der Waals surface area contributed by atoms with Gasteiger partial charge in [-0.15, -0.1) is 0 Å². The third-order valence-electron chi connectivity index (χ3n) is 6.23. The number of carbonyl (C=O) groups excluding carboxylic acids is 1. The van der Waals surface area contributed by atoms with Crippen LogP contribution in [0.5, 0.6) is 0 Å². The predicted octanol–water partition coefficient (Wildman–Crippen LogP) is 2.72. The van der Waals surface area contributed by atoms with Crippen molar-refractivity contribution in [2.45, 2.75) is 57.6 Å². The molecule has 4 rings (SSSR count). The Kier molecular flexibility index (Phi) is 2.77. The number of nitrogens with two attached hydrogens (primary N) is 1. The van der Waals surface area contributed by atoms with Crippen LogP contribution in [-0.2, 0) is 4.79 Å². The molecule has 0 aromatic rings. The second-order valence-electron chi connectivity index (χ2n) is 7.54. The minimum atomic E-state index is -0.582. The van der Waals surface area contributed by atoms with Crippen molar-refractivity contribution in [3.8, 4) is 0 Å². The lowest BCUT2D eigenvalue weighted by atomic mass is 9.60. The van der Waals surface area contributed by atoms with Gasteiger partial charge in [0.05, 0.1) is 11.6 Å². The highest BCUT2D eigenvalue weighted by atomic mass is 16.3. The second kappa shape index (κ2) is 4.30. The van der Waals surface area contributed by atoms with Crippen LogP contribution in [0.4, 0.5) is 0 Å². The van der Waals surface area contributed by atoms with Gasteiger partial charge < -0.3 is 10.8 Å². The van der Waals surface area contributed by atoms with Gasteiger partial charge in [-0.3, -0.25) is 4.79 Å². The molecule has 0 spiro atoms.